The molecule has 184 valence electrons. The molecular formula is C25H39N9. The lowest BCUT2D eigenvalue weighted by Crippen LogP contribution is -2.51. The third-order valence-electron chi connectivity index (χ3n) is 6.53. The van der Waals surface area contributed by atoms with Gasteiger partial charge < -0.3 is 15.5 Å². The van der Waals surface area contributed by atoms with Crippen LogP contribution in [0.3, 0.4) is 0 Å². The van der Waals surface area contributed by atoms with Gasteiger partial charge in [-0.25, -0.2) is 0 Å². The van der Waals surface area contributed by atoms with Crippen molar-refractivity contribution in [3.05, 3.63) is 48.0 Å². The van der Waals surface area contributed by atoms with Crippen molar-refractivity contribution in [1.29, 1.82) is 5.41 Å². The number of rotatable bonds is 7. The normalized spacial score (nSPS) is 21.4. The number of allylic oxidation sites excluding steroid dienone is 4. The van der Waals surface area contributed by atoms with E-state index in [0.29, 0.717) is 29.3 Å². The molecule has 3 rings (SSSR count). The lowest BCUT2D eigenvalue weighted by molar-refractivity contribution is 0.0614. The quantitative estimate of drug-likeness (QED) is 0.322. The van der Waals surface area contributed by atoms with E-state index in [1.165, 1.54) is 45.2 Å². The third-order valence-corrected chi connectivity index (χ3v) is 6.53. The molecule has 1 aromatic heterocycles. The number of fused-ring (bicyclic) bond motifs is 1. The summed E-state index contributed by atoms with van der Waals surface area (Å²) < 4.78 is 1.66. The van der Waals surface area contributed by atoms with E-state index >= 15 is 0 Å². The van der Waals surface area contributed by atoms with E-state index in [2.05, 4.69) is 49.2 Å². The van der Waals surface area contributed by atoms with Crippen LogP contribution in [0.4, 0.5) is 0 Å². The average Bonchev–Trinajstić information content (AvgIpc) is 3.24. The first-order chi connectivity index (χ1) is 16.3. The van der Waals surface area contributed by atoms with Gasteiger partial charge in [-0.05, 0) is 101 Å². The molecule has 0 saturated carbocycles. The Balaban J connectivity index is 1.69. The standard InChI is InChI=1S/C25H39N9/c1-7-21(15-23(17(2)3)34-19(6)30-31-32-34)28-25(26)29-24(18(4)5)27-16-20-11-10-14-33-13-9-8-12-22(20)33/h7,15,20,22H,1,4,8-14,16H2,2-3,5-6H3,(H3,26,27,28,29)/b21-15+/t20-,22+/m0/s1. The van der Waals surface area contributed by atoms with Crippen molar-refractivity contribution in [1.82, 2.24) is 35.7 Å². The summed E-state index contributed by atoms with van der Waals surface area (Å²) in [6.45, 7) is 19.0. The van der Waals surface area contributed by atoms with Gasteiger partial charge in [0.05, 0.1) is 5.70 Å². The summed E-state index contributed by atoms with van der Waals surface area (Å²) in [6, 6.07) is 0.659. The molecule has 2 aliphatic heterocycles. The van der Waals surface area contributed by atoms with Gasteiger partial charge in [-0.2, -0.15) is 9.67 Å². The zero-order valence-corrected chi connectivity index (χ0v) is 21.1. The van der Waals surface area contributed by atoms with Crippen molar-refractivity contribution in [2.75, 3.05) is 19.6 Å². The minimum atomic E-state index is 0.0149. The van der Waals surface area contributed by atoms with Gasteiger partial charge in [0.2, 0.25) is 5.96 Å². The Morgan fingerprint density at radius 2 is 1.97 bits per heavy atom. The Bertz CT molecular complexity index is 992. The summed E-state index contributed by atoms with van der Waals surface area (Å²) in [5.74, 6) is 1.94. The molecule has 9 heteroatoms. The van der Waals surface area contributed by atoms with Gasteiger partial charge in [0.15, 0.2) is 5.82 Å². The summed E-state index contributed by atoms with van der Waals surface area (Å²) in [7, 11) is 0. The molecule has 0 radical (unpaired) electrons. The van der Waals surface area contributed by atoms with Gasteiger partial charge in [0.25, 0.3) is 0 Å². The Morgan fingerprint density at radius 3 is 2.62 bits per heavy atom. The number of hydrogen-bond donors (Lipinski definition) is 3. The molecule has 2 aliphatic rings. The number of guanidine groups is 1. The van der Waals surface area contributed by atoms with Crippen LogP contribution in [0.25, 0.3) is 5.70 Å². The number of amidine groups is 1. The molecule has 0 unspecified atom stereocenters. The molecule has 0 bridgehead atoms. The lowest BCUT2D eigenvalue weighted by atomic mass is 9.83. The minimum absolute atomic E-state index is 0.0149. The lowest BCUT2D eigenvalue weighted by Gasteiger charge is -2.44. The Kier molecular flexibility index (Phi) is 8.92. The maximum Gasteiger partial charge on any atom is 0.221 e. The number of aryl methyl sites for hydroxylation is 1. The van der Waals surface area contributed by atoms with Gasteiger partial charge in [-0.1, -0.05) is 25.2 Å². The maximum absolute atomic E-state index is 8.44. The summed E-state index contributed by atoms with van der Waals surface area (Å²) in [5, 5.41) is 26.7. The number of nitrogens with one attached hydrogen (secondary N) is 3. The molecule has 0 aromatic carbocycles. The molecule has 0 aliphatic carbocycles. The Hall–Kier alpha value is -3.07. The van der Waals surface area contributed by atoms with Gasteiger partial charge in [-0.15, -0.1) is 5.10 Å². The van der Waals surface area contributed by atoms with E-state index in [9.17, 15) is 0 Å². The fraction of sp³-hybridized carbons (Fsp3) is 0.560. The van der Waals surface area contributed by atoms with E-state index in [-0.39, 0.29) is 5.96 Å². The van der Waals surface area contributed by atoms with Crippen molar-refractivity contribution in [3.8, 4) is 0 Å². The highest BCUT2D eigenvalue weighted by Gasteiger charge is 2.32. The van der Waals surface area contributed by atoms with E-state index in [1.54, 1.807) is 10.8 Å². The van der Waals surface area contributed by atoms with E-state index < -0.39 is 0 Å². The van der Waals surface area contributed by atoms with Gasteiger partial charge >= 0.3 is 0 Å². The molecule has 0 amide bonds. The predicted octanol–water partition coefficient (Wildman–Crippen LogP) is 3.66. The van der Waals surface area contributed by atoms with Crippen LogP contribution < -0.4 is 10.6 Å². The van der Waals surface area contributed by atoms with Crippen molar-refractivity contribution < 1.29 is 0 Å². The topological polar surface area (TPSA) is 107 Å². The number of piperidine rings is 2. The second kappa shape index (κ2) is 11.9. The summed E-state index contributed by atoms with van der Waals surface area (Å²) in [4.78, 5) is 7.16. The Labute approximate surface area is 203 Å². The predicted molar refractivity (Wildman–Crippen MR) is 138 cm³/mol. The van der Waals surface area contributed by atoms with Crippen molar-refractivity contribution in [2.24, 2.45) is 10.9 Å². The monoisotopic (exact) mass is 465 g/mol. The van der Waals surface area contributed by atoms with E-state index in [4.69, 9.17) is 5.41 Å². The second-order valence-electron chi connectivity index (χ2n) is 9.42. The molecule has 3 heterocycles. The number of nitrogens with zero attached hydrogens (tertiary/aromatic N) is 6. The molecule has 1 aromatic rings. The van der Waals surface area contributed by atoms with Crippen molar-refractivity contribution in [3.63, 3.8) is 0 Å². The summed E-state index contributed by atoms with van der Waals surface area (Å²) in [5.41, 5.74) is 3.28. The van der Waals surface area contributed by atoms with Crippen molar-refractivity contribution >= 4 is 17.5 Å². The molecule has 3 N–H and O–H groups in total. The highest BCUT2D eigenvalue weighted by Crippen LogP contribution is 2.30. The summed E-state index contributed by atoms with van der Waals surface area (Å²) >= 11 is 0. The maximum atomic E-state index is 8.44. The van der Waals surface area contributed by atoms with Crippen LogP contribution in [0, 0.1) is 18.3 Å². The zero-order valence-electron chi connectivity index (χ0n) is 21.1. The molecule has 2 atom stereocenters. The largest absolute Gasteiger partial charge is 0.369 e. The second-order valence-corrected chi connectivity index (χ2v) is 9.42. The van der Waals surface area contributed by atoms with Gasteiger partial charge in [0, 0.05) is 18.3 Å². The fourth-order valence-corrected chi connectivity index (χ4v) is 4.77. The average molecular weight is 466 g/mol. The van der Waals surface area contributed by atoms with E-state index in [0.717, 1.165) is 23.4 Å². The Morgan fingerprint density at radius 1 is 1.21 bits per heavy atom. The smallest absolute Gasteiger partial charge is 0.221 e. The minimum Gasteiger partial charge on any atom is -0.369 e. The van der Waals surface area contributed by atoms with Gasteiger partial charge in [0.1, 0.15) is 5.84 Å². The molecule has 2 fully saturated rings. The molecule has 9 nitrogen and oxygen atoms in total. The van der Waals surface area contributed by atoms with E-state index in [1.807, 2.05) is 33.8 Å². The fourth-order valence-electron chi connectivity index (χ4n) is 4.77. The first-order valence-electron chi connectivity index (χ1n) is 12.1. The van der Waals surface area contributed by atoms with Crippen LogP contribution in [0.2, 0.25) is 0 Å². The number of tetrazole rings is 1. The van der Waals surface area contributed by atoms with Crippen LogP contribution in [-0.4, -0.2) is 62.6 Å². The van der Waals surface area contributed by atoms with Gasteiger partial charge in [-0.3, -0.25) is 5.41 Å². The van der Waals surface area contributed by atoms with Crippen LogP contribution >= 0.6 is 0 Å². The number of hydrogen-bond acceptors (Lipinski definition) is 5. The first kappa shape index (κ1) is 25.6. The number of aliphatic imine (C=N–C) groups is 1. The number of aromatic nitrogens is 4. The molecule has 2 saturated heterocycles. The molecule has 0 spiro atoms. The first-order valence-corrected chi connectivity index (χ1v) is 12.1. The molecular weight excluding hydrogens is 426 g/mol. The third kappa shape index (κ3) is 6.50. The van der Waals surface area contributed by atoms with Crippen LogP contribution in [0.1, 0.15) is 58.7 Å². The SMILES string of the molecule is C=C/C(=C\C(=C(C)C)n1nnnc1C)NC(=N)/N=C(/NC[C@@H]1CCCN2CCCC[C@H]12)C(=C)C. The van der Waals surface area contributed by atoms with Crippen LogP contribution in [0.15, 0.2) is 47.1 Å². The highest BCUT2D eigenvalue weighted by atomic mass is 15.5. The van der Waals surface area contributed by atoms with Crippen LogP contribution in [0.5, 0.6) is 0 Å². The van der Waals surface area contributed by atoms with Crippen molar-refractivity contribution in [2.45, 2.75) is 65.8 Å². The molecule has 34 heavy (non-hydrogen) atoms. The zero-order chi connectivity index (χ0) is 24.7. The highest BCUT2D eigenvalue weighted by molar-refractivity contribution is 6.04. The van der Waals surface area contributed by atoms with Crippen LogP contribution in [-0.2, 0) is 0 Å². The summed E-state index contributed by atoms with van der Waals surface area (Å²) in [6.07, 6.45) is 9.92.